The monoisotopic (exact) mass is 390 g/mol. The highest BCUT2D eigenvalue weighted by Gasteiger charge is 2.26. The SMILES string of the molecule is COc1cccc(C(=O)N2CCC(c3cc(=O)[nH]c(-c4ccccn4)n3)CC2)c1. The van der Waals surface area contributed by atoms with Gasteiger partial charge in [0.1, 0.15) is 11.4 Å². The lowest BCUT2D eigenvalue weighted by Crippen LogP contribution is -2.38. The van der Waals surface area contributed by atoms with Gasteiger partial charge in [0.25, 0.3) is 11.5 Å². The first-order valence-corrected chi connectivity index (χ1v) is 9.60. The van der Waals surface area contributed by atoms with Crippen LogP contribution < -0.4 is 10.3 Å². The van der Waals surface area contributed by atoms with Crippen LogP contribution in [0, 0.1) is 0 Å². The molecule has 0 bridgehead atoms. The van der Waals surface area contributed by atoms with Crippen LogP contribution in [-0.4, -0.2) is 46.0 Å². The molecule has 3 aromatic rings. The lowest BCUT2D eigenvalue weighted by atomic mass is 9.93. The minimum atomic E-state index is -0.189. The molecule has 7 heteroatoms. The number of hydrogen-bond donors (Lipinski definition) is 1. The number of aromatic nitrogens is 3. The fraction of sp³-hybridized carbons (Fsp3) is 0.273. The van der Waals surface area contributed by atoms with Crippen molar-refractivity contribution in [3.05, 3.63) is 76.3 Å². The van der Waals surface area contributed by atoms with E-state index in [9.17, 15) is 9.59 Å². The van der Waals surface area contributed by atoms with Crippen LogP contribution in [-0.2, 0) is 0 Å². The van der Waals surface area contributed by atoms with E-state index in [1.165, 1.54) is 0 Å². The Morgan fingerprint density at radius 1 is 1.14 bits per heavy atom. The van der Waals surface area contributed by atoms with Gasteiger partial charge in [0.2, 0.25) is 0 Å². The second kappa shape index (κ2) is 8.26. The second-order valence-corrected chi connectivity index (χ2v) is 7.03. The molecule has 1 aromatic carbocycles. The predicted octanol–water partition coefficient (Wildman–Crippen LogP) is 2.86. The number of carbonyl (C=O) groups excluding carboxylic acids is 1. The van der Waals surface area contributed by atoms with Crippen LogP contribution in [0.25, 0.3) is 11.5 Å². The van der Waals surface area contributed by atoms with Gasteiger partial charge in [0, 0.05) is 36.8 Å². The molecule has 0 unspecified atom stereocenters. The molecule has 148 valence electrons. The van der Waals surface area contributed by atoms with Crippen molar-refractivity contribution in [3.8, 4) is 17.3 Å². The average molecular weight is 390 g/mol. The third kappa shape index (κ3) is 4.18. The number of piperidine rings is 1. The minimum Gasteiger partial charge on any atom is -0.497 e. The Morgan fingerprint density at radius 2 is 1.97 bits per heavy atom. The molecule has 3 heterocycles. The van der Waals surface area contributed by atoms with E-state index in [0.29, 0.717) is 35.9 Å². The Hall–Kier alpha value is -3.48. The smallest absolute Gasteiger partial charge is 0.253 e. The van der Waals surface area contributed by atoms with Crippen molar-refractivity contribution in [3.63, 3.8) is 0 Å². The van der Waals surface area contributed by atoms with E-state index in [0.717, 1.165) is 18.5 Å². The number of benzene rings is 1. The third-order valence-electron chi connectivity index (χ3n) is 5.19. The van der Waals surface area contributed by atoms with Gasteiger partial charge in [-0.1, -0.05) is 12.1 Å². The van der Waals surface area contributed by atoms with Gasteiger partial charge >= 0.3 is 0 Å². The molecule has 1 amide bonds. The maximum atomic E-state index is 12.8. The van der Waals surface area contributed by atoms with Gasteiger partial charge < -0.3 is 14.6 Å². The molecule has 0 saturated carbocycles. The highest BCUT2D eigenvalue weighted by Crippen LogP contribution is 2.28. The number of likely N-dealkylation sites (tertiary alicyclic amines) is 1. The van der Waals surface area contributed by atoms with E-state index < -0.39 is 0 Å². The Morgan fingerprint density at radius 3 is 2.69 bits per heavy atom. The molecule has 2 aromatic heterocycles. The van der Waals surface area contributed by atoms with Crippen LogP contribution in [0.2, 0.25) is 0 Å². The van der Waals surface area contributed by atoms with E-state index in [-0.39, 0.29) is 17.4 Å². The number of amides is 1. The first-order valence-electron chi connectivity index (χ1n) is 9.60. The van der Waals surface area contributed by atoms with E-state index in [1.54, 1.807) is 31.5 Å². The molecule has 1 fully saturated rings. The summed E-state index contributed by atoms with van der Waals surface area (Å²) < 4.78 is 5.21. The van der Waals surface area contributed by atoms with Gasteiger partial charge in [-0.3, -0.25) is 14.6 Å². The number of carbonyl (C=O) groups is 1. The Bertz CT molecular complexity index is 1060. The number of H-pyrrole nitrogens is 1. The van der Waals surface area contributed by atoms with Crippen molar-refractivity contribution in [1.82, 2.24) is 19.9 Å². The molecule has 4 rings (SSSR count). The molecule has 1 aliphatic rings. The highest BCUT2D eigenvalue weighted by molar-refractivity contribution is 5.94. The number of methoxy groups -OCH3 is 1. The van der Waals surface area contributed by atoms with Crippen LogP contribution in [0.15, 0.2) is 59.5 Å². The highest BCUT2D eigenvalue weighted by atomic mass is 16.5. The molecule has 1 aliphatic heterocycles. The summed E-state index contributed by atoms with van der Waals surface area (Å²) in [5.41, 5.74) is 1.82. The van der Waals surface area contributed by atoms with E-state index in [4.69, 9.17) is 4.74 Å². The molecule has 1 saturated heterocycles. The van der Waals surface area contributed by atoms with Crippen LogP contribution >= 0.6 is 0 Å². The van der Waals surface area contributed by atoms with Crippen LogP contribution in [0.3, 0.4) is 0 Å². The number of ether oxygens (including phenoxy) is 1. The van der Waals surface area contributed by atoms with Gasteiger partial charge in [0.15, 0.2) is 5.82 Å². The van der Waals surface area contributed by atoms with Gasteiger partial charge in [-0.15, -0.1) is 0 Å². The quantitative estimate of drug-likeness (QED) is 0.740. The fourth-order valence-electron chi connectivity index (χ4n) is 3.63. The zero-order valence-electron chi connectivity index (χ0n) is 16.2. The molecule has 0 aliphatic carbocycles. The Labute approximate surface area is 168 Å². The van der Waals surface area contributed by atoms with E-state index in [2.05, 4.69) is 15.0 Å². The van der Waals surface area contributed by atoms with Crippen molar-refractivity contribution in [2.75, 3.05) is 20.2 Å². The summed E-state index contributed by atoms with van der Waals surface area (Å²) in [7, 11) is 1.59. The summed E-state index contributed by atoms with van der Waals surface area (Å²) in [5.74, 6) is 1.27. The number of pyridine rings is 1. The molecular weight excluding hydrogens is 368 g/mol. The van der Waals surface area contributed by atoms with Crippen molar-refractivity contribution < 1.29 is 9.53 Å². The summed E-state index contributed by atoms with van der Waals surface area (Å²) in [6, 6.07) is 14.2. The summed E-state index contributed by atoms with van der Waals surface area (Å²) in [5, 5.41) is 0. The first-order chi connectivity index (χ1) is 14.1. The third-order valence-corrected chi connectivity index (χ3v) is 5.19. The summed E-state index contributed by atoms with van der Waals surface area (Å²) in [6.45, 7) is 1.24. The largest absolute Gasteiger partial charge is 0.497 e. The van der Waals surface area contributed by atoms with Crippen LogP contribution in [0.4, 0.5) is 0 Å². The summed E-state index contributed by atoms with van der Waals surface area (Å²) in [4.78, 5) is 38.4. The molecule has 1 N–H and O–H groups in total. The fourth-order valence-corrected chi connectivity index (χ4v) is 3.63. The van der Waals surface area contributed by atoms with Gasteiger partial charge in [0.05, 0.1) is 12.8 Å². The molecule has 29 heavy (non-hydrogen) atoms. The number of nitrogens with one attached hydrogen (secondary N) is 1. The van der Waals surface area contributed by atoms with Crippen molar-refractivity contribution in [1.29, 1.82) is 0 Å². The van der Waals surface area contributed by atoms with Crippen LogP contribution in [0.5, 0.6) is 5.75 Å². The predicted molar refractivity (Wildman–Crippen MR) is 109 cm³/mol. The second-order valence-electron chi connectivity index (χ2n) is 7.03. The van der Waals surface area contributed by atoms with Crippen LogP contribution in [0.1, 0.15) is 34.8 Å². The lowest BCUT2D eigenvalue weighted by Gasteiger charge is -2.32. The number of nitrogens with zero attached hydrogens (tertiary/aromatic N) is 3. The zero-order valence-corrected chi connectivity index (χ0v) is 16.2. The first kappa shape index (κ1) is 18.9. The zero-order chi connectivity index (χ0) is 20.2. The normalized spacial score (nSPS) is 14.6. The van der Waals surface area contributed by atoms with Crippen molar-refractivity contribution in [2.45, 2.75) is 18.8 Å². The molecule has 0 radical (unpaired) electrons. The lowest BCUT2D eigenvalue weighted by molar-refractivity contribution is 0.0711. The molecule has 0 atom stereocenters. The Kier molecular flexibility index (Phi) is 5.37. The van der Waals surface area contributed by atoms with Gasteiger partial charge in [-0.05, 0) is 43.2 Å². The molecule has 7 nitrogen and oxygen atoms in total. The topological polar surface area (TPSA) is 88.2 Å². The number of rotatable bonds is 4. The van der Waals surface area contributed by atoms with E-state index in [1.807, 2.05) is 35.2 Å². The molecule has 0 spiro atoms. The number of hydrogen-bond acceptors (Lipinski definition) is 5. The maximum Gasteiger partial charge on any atom is 0.253 e. The van der Waals surface area contributed by atoms with Gasteiger partial charge in [-0.2, -0.15) is 0 Å². The molecular formula is C22H22N4O3. The Balaban J connectivity index is 1.48. The minimum absolute atomic E-state index is 0.00427. The maximum absolute atomic E-state index is 12.8. The van der Waals surface area contributed by atoms with E-state index >= 15 is 0 Å². The standard InChI is InChI=1S/C22H22N4O3/c1-29-17-6-4-5-16(13-17)22(28)26-11-8-15(9-12-26)19-14-20(27)25-21(24-19)18-7-2-3-10-23-18/h2-7,10,13-15H,8-9,11-12H2,1H3,(H,24,25,27). The number of aromatic amines is 1. The summed E-state index contributed by atoms with van der Waals surface area (Å²) in [6.07, 6.45) is 3.19. The van der Waals surface area contributed by atoms with Gasteiger partial charge in [-0.25, -0.2) is 4.98 Å². The average Bonchev–Trinajstić information content (AvgIpc) is 2.79. The van der Waals surface area contributed by atoms with Crippen molar-refractivity contribution >= 4 is 5.91 Å². The summed E-state index contributed by atoms with van der Waals surface area (Å²) >= 11 is 0. The van der Waals surface area contributed by atoms with Crippen molar-refractivity contribution in [2.24, 2.45) is 0 Å².